The van der Waals surface area contributed by atoms with Crippen LogP contribution >= 0.6 is 0 Å². The fraction of sp³-hybridized carbons (Fsp3) is 0.447. The Hall–Kier alpha value is -4.11. The minimum Gasteiger partial charge on any atom is -0.465 e. The molecule has 0 amide bonds. The molecule has 1 unspecified atom stereocenters. The highest BCUT2D eigenvalue weighted by Gasteiger charge is 2.18. The van der Waals surface area contributed by atoms with Crippen molar-refractivity contribution in [1.29, 1.82) is 0 Å². The van der Waals surface area contributed by atoms with Crippen molar-refractivity contribution in [2.45, 2.75) is 105 Å². The van der Waals surface area contributed by atoms with Crippen molar-refractivity contribution in [2.24, 2.45) is 0 Å². The zero-order chi connectivity index (χ0) is 32.8. The van der Waals surface area contributed by atoms with Crippen molar-refractivity contribution in [3.8, 4) is 11.8 Å². The molecule has 0 N–H and O–H groups in total. The molecule has 0 rings (SSSR count). The summed E-state index contributed by atoms with van der Waals surface area (Å²) in [6, 6.07) is 0. The molecule has 1 atom stereocenters. The molecule has 240 valence electrons. The van der Waals surface area contributed by atoms with Crippen LogP contribution in [-0.4, -0.2) is 30.6 Å². The first kappa shape index (κ1) is 39.9. The highest BCUT2D eigenvalue weighted by atomic mass is 16.6. The van der Waals surface area contributed by atoms with Crippen LogP contribution in [0.2, 0.25) is 0 Å². The van der Waals surface area contributed by atoms with Crippen molar-refractivity contribution >= 4 is 17.9 Å². The van der Waals surface area contributed by atoms with Gasteiger partial charge in [0.05, 0.1) is 12.9 Å². The molecule has 0 fully saturated rings. The lowest BCUT2D eigenvalue weighted by molar-refractivity contribution is -0.146. The van der Waals surface area contributed by atoms with Gasteiger partial charge in [-0.15, -0.1) is 0 Å². The number of esters is 3. The molecule has 0 radical (unpaired) electrons. The maximum Gasteiger partial charge on any atom is 0.307 e. The molecular formula is C38H52O6. The molecule has 0 aromatic heterocycles. The van der Waals surface area contributed by atoms with Crippen molar-refractivity contribution in [1.82, 2.24) is 0 Å². The van der Waals surface area contributed by atoms with Crippen LogP contribution in [0.3, 0.4) is 0 Å². The number of ether oxygens (including phenoxy) is 3. The van der Waals surface area contributed by atoms with E-state index in [2.05, 4.69) is 67.4 Å². The predicted octanol–water partition coefficient (Wildman–Crippen LogP) is 9.14. The molecule has 0 spiro atoms. The van der Waals surface area contributed by atoms with Gasteiger partial charge in [-0.25, -0.2) is 0 Å². The van der Waals surface area contributed by atoms with Crippen LogP contribution in [0, 0.1) is 11.8 Å². The topological polar surface area (TPSA) is 78.9 Å². The van der Waals surface area contributed by atoms with Crippen molar-refractivity contribution in [3.63, 3.8) is 0 Å². The third-order valence-corrected chi connectivity index (χ3v) is 5.69. The number of rotatable bonds is 20. The molecule has 0 saturated heterocycles. The Morgan fingerprint density at radius 2 is 1.30 bits per heavy atom. The second-order valence-corrected chi connectivity index (χ2v) is 10.2. The van der Waals surface area contributed by atoms with Crippen LogP contribution in [0.15, 0.2) is 95.9 Å². The summed E-state index contributed by atoms with van der Waals surface area (Å²) in [4.78, 5) is 35.5. The van der Waals surface area contributed by atoms with Gasteiger partial charge in [0.15, 0.2) is 0 Å². The van der Waals surface area contributed by atoms with E-state index < -0.39 is 18.0 Å². The minimum absolute atomic E-state index is 0.0679. The maximum absolute atomic E-state index is 12.2. The fourth-order valence-corrected chi connectivity index (χ4v) is 3.48. The molecule has 0 aromatic carbocycles. The predicted molar refractivity (Wildman–Crippen MR) is 180 cm³/mol. The van der Waals surface area contributed by atoms with Gasteiger partial charge >= 0.3 is 17.9 Å². The molecule has 6 heteroatoms. The van der Waals surface area contributed by atoms with Crippen molar-refractivity contribution in [2.75, 3.05) is 6.61 Å². The van der Waals surface area contributed by atoms with Crippen molar-refractivity contribution < 1.29 is 28.6 Å². The van der Waals surface area contributed by atoms with Gasteiger partial charge in [0.1, 0.15) is 6.10 Å². The van der Waals surface area contributed by atoms with Gasteiger partial charge in [-0.1, -0.05) is 91.2 Å². The van der Waals surface area contributed by atoms with Crippen molar-refractivity contribution in [3.05, 3.63) is 95.9 Å². The van der Waals surface area contributed by atoms with Gasteiger partial charge in [0, 0.05) is 38.7 Å². The second kappa shape index (κ2) is 27.7. The van der Waals surface area contributed by atoms with Gasteiger partial charge in [0.2, 0.25) is 0 Å². The van der Waals surface area contributed by atoms with Crippen LogP contribution in [-0.2, 0) is 28.6 Å². The summed E-state index contributed by atoms with van der Waals surface area (Å²) in [5.74, 6) is 4.70. The van der Waals surface area contributed by atoms with Gasteiger partial charge in [-0.3, -0.25) is 14.4 Å². The van der Waals surface area contributed by atoms with Crippen LogP contribution in [0.5, 0.6) is 0 Å². The highest BCUT2D eigenvalue weighted by molar-refractivity contribution is 5.69. The van der Waals surface area contributed by atoms with E-state index in [4.69, 9.17) is 14.2 Å². The summed E-state index contributed by atoms with van der Waals surface area (Å²) < 4.78 is 16.0. The first-order valence-electron chi connectivity index (χ1n) is 15.4. The van der Waals surface area contributed by atoms with Gasteiger partial charge in [0.25, 0.3) is 0 Å². The SMILES string of the molecule is CC/C=C/C/C=C/C/C=C/C/C=C/C/C=C/CCC(=O)OCC/C(=C/OC(C)=O)C(C/C=C(\C)C#CC=C(C)C)OC(C)=O. The van der Waals surface area contributed by atoms with Gasteiger partial charge < -0.3 is 14.2 Å². The molecule has 0 heterocycles. The first-order chi connectivity index (χ1) is 21.1. The average Bonchev–Trinajstić information content (AvgIpc) is 2.96. The Labute approximate surface area is 266 Å². The van der Waals surface area contributed by atoms with E-state index in [1.54, 1.807) is 0 Å². The molecule has 0 aliphatic heterocycles. The Kier molecular flexibility index (Phi) is 25.1. The smallest absolute Gasteiger partial charge is 0.307 e. The normalized spacial score (nSPS) is 13.0. The summed E-state index contributed by atoms with van der Waals surface area (Å²) in [5, 5.41) is 0. The maximum atomic E-state index is 12.2. The molecule has 6 nitrogen and oxygen atoms in total. The Morgan fingerprint density at radius 3 is 1.82 bits per heavy atom. The molecular weight excluding hydrogens is 552 g/mol. The van der Waals surface area contributed by atoms with Crippen LogP contribution in [0.1, 0.15) is 99.3 Å². The van der Waals surface area contributed by atoms with Gasteiger partial charge in [-0.05, 0) is 70.9 Å². The first-order valence-corrected chi connectivity index (χ1v) is 15.4. The standard InChI is InChI=1S/C38H52O6/c1-7-8-9-10-11-12-13-14-15-16-17-18-19-20-21-22-26-38(41)42-30-29-36(31-43-34(5)39)37(44-35(6)40)28-27-33(4)25-23-24-32(2)3/h8-9,11-12,14-15,17-18,20-21,24,27,31,37H,7,10,13,16,19,22,26,28-30H2,1-6H3/b9-8+,12-11+,15-14+,18-17+,21-20+,33-27+,36-31-. The highest BCUT2D eigenvalue weighted by Crippen LogP contribution is 2.18. The summed E-state index contributed by atoms with van der Waals surface area (Å²) in [6.07, 6.45) is 31.7. The zero-order valence-corrected chi connectivity index (χ0v) is 27.6. The molecule has 0 aromatic rings. The van der Waals surface area contributed by atoms with E-state index in [1.165, 1.54) is 20.1 Å². The molecule has 0 bridgehead atoms. The Balaban J connectivity index is 4.68. The summed E-state index contributed by atoms with van der Waals surface area (Å²) in [6.45, 7) is 10.6. The summed E-state index contributed by atoms with van der Waals surface area (Å²) >= 11 is 0. The van der Waals surface area contributed by atoms with E-state index in [1.807, 2.05) is 45.1 Å². The lowest BCUT2D eigenvalue weighted by atomic mass is 10.0. The van der Waals surface area contributed by atoms with Crippen LogP contribution in [0.4, 0.5) is 0 Å². The number of hydrogen-bond acceptors (Lipinski definition) is 6. The number of carbonyl (C=O) groups excluding carboxylic acids is 3. The second-order valence-electron chi connectivity index (χ2n) is 10.2. The number of carbonyl (C=O) groups is 3. The molecule has 0 aliphatic rings. The Bertz CT molecular complexity index is 1160. The summed E-state index contributed by atoms with van der Waals surface area (Å²) in [7, 11) is 0. The fourth-order valence-electron chi connectivity index (χ4n) is 3.48. The molecule has 44 heavy (non-hydrogen) atoms. The van der Waals surface area contributed by atoms with E-state index in [0.29, 0.717) is 18.4 Å². The van der Waals surface area contributed by atoms with Crippen LogP contribution < -0.4 is 0 Å². The minimum atomic E-state index is -0.688. The third kappa shape index (κ3) is 26.8. The van der Waals surface area contributed by atoms with Crippen LogP contribution in [0.25, 0.3) is 0 Å². The van der Waals surface area contributed by atoms with E-state index in [9.17, 15) is 14.4 Å². The largest absolute Gasteiger partial charge is 0.465 e. The monoisotopic (exact) mass is 604 g/mol. The summed E-state index contributed by atoms with van der Waals surface area (Å²) in [5.41, 5.74) is 2.44. The van der Waals surface area contributed by atoms with E-state index in [-0.39, 0.29) is 25.4 Å². The lowest BCUT2D eigenvalue weighted by Crippen LogP contribution is -2.20. The lowest BCUT2D eigenvalue weighted by Gasteiger charge is -2.19. The third-order valence-electron chi connectivity index (χ3n) is 5.69. The van der Waals surface area contributed by atoms with E-state index in [0.717, 1.165) is 43.3 Å². The molecule has 0 aliphatic carbocycles. The van der Waals surface area contributed by atoms with E-state index >= 15 is 0 Å². The quantitative estimate of drug-likeness (QED) is 0.0453. The number of hydrogen-bond donors (Lipinski definition) is 0. The number of allylic oxidation sites excluding steroid dienone is 13. The van der Waals surface area contributed by atoms with Gasteiger partial charge in [-0.2, -0.15) is 0 Å². The molecule has 0 saturated carbocycles. The Morgan fingerprint density at radius 1 is 0.727 bits per heavy atom. The zero-order valence-electron chi connectivity index (χ0n) is 27.6. The average molecular weight is 605 g/mol.